The minimum Gasteiger partial charge on any atom is -0.481 e. The highest BCUT2D eigenvalue weighted by Gasteiger charge is 2.42. The quantitative estimate of drug-likeness (QED) is 0.922. The summed E-state index contributed by atoms with van der Waals surface area (Å²) in [6, 6.07) is 6.90. The van der Waals surface area contributed by atoms with E-state index in [9.17, 15) is 9.59 Å². The zero-order valence-corrected chi connectivity index (χ0v) is 11.2. The first-order valence-corrected chi connectivity index (χ1v) is 6.25. The number of hydrogen-bond acceptors (Lipinski definition) is 3. The predicted molar refractivity (Wildman–Crippen MR) is 70.6 cm³/mol. The van der Waals surface area contributed by atoms with Crippen LogP contribution in [0.25, 0.3) is 0 Å². The Morgan fingerprint density at radius 1 is 1.58 bits per heavy atom. The molecule has 0 radical (unpaired) electrons. The number of ether oxygens (including phenoxy) is 1. The second-order valence-corrected chi connectivity index (χ2v) is 5.21. The van der Waals surface area contributed by atoms with Crippen LogP contribution in [0, 0.1) is 0 Å². The average molecular weight is 284 g/mol. The number of anilines is 1. The van der Waals surface area contributed by atoms with Gasteiger partial charge in [0, 0.05) is 17.1 Å². The third-order valence-electron chi connectivity index (χ3n) is 3.03. The number of carbonyl (C=O) groups is 2. The van der Waals surface area contributed by atoms with Crippen molar-refractivity contribution in [3.63, 3.8) is 0 Å². The largest absolute Gasteiger partial charge is 0.481 e. The highest BCUT2D eigenvalue weighted by atomic mass is 35.5. The van der Waals surface area contributed by atoms with Gasteiger partial charge >= 0.3 is 12.1 Å². The van der Waals surface area contributed by atoms with Gasteiger partial charge in [0.05, 0.1) is 6.54 Å². The first-order valence-electron chi connectivity index (χ1n) is 5.87. The molecule has 1 N–H and O–H groups in total. The van der Waals surface area contributed by atoms with Crippen molar-refractivity contribution in [3.8, 4) is 0 Å². The van der Waals surface area contributed by atoms with Crippen LogP contribution in [0.1, 0.15) is 19.8 Å². The molecule has 1 aliphatic rings. The number of carboxylic acids is 1. The molecular weight excluding hydrogens is 270 g/mol. The van der Waals surface area contributed by atoms with E-state index in [1.807, 2.05) is 0 Å². The lowest BCUT2D eigenvalue weighted by Crippen LogP contribution is -2.32. The fourth-order valence-electron chi connectivity index (χ4n) is 2.04. The smallest absolute Gasteiger partial charge is 0.415 e. The molecule has 0 aromatic heterocycles. The molecule has 1 atom stereocenters. The maximum Gasteiger partial charge on any atom is 0.415 e. The minimum absolute atomic E-state index is 0.0346. The highest BCUT2D eigenvalue weighted by molar-refractivity contribution is 6.30. The molecule has 1 aromatic rings. The molecule has 0 aliphatic carbocycles. The summed E-state index contributed by atoms with van der Waals surface area (Å²) < 4.78 is 5.29. The van der Waals surface area contributed by atoms with Crippen molar-refractivity contribution in [2.45, 2.75) is 25.4 Å². The topological polar surface area (TPSA) is 66.8 Å². The first kappa shape index (κ1) is 13.7. The van der Waals surface area contributed by atoms with Crippen molar-refractivity contribution in [2.24, 2.45) is 0 Å². The molecular formula is C13H14ClNO4. The number of aliphatic carboxylic acids is 1. The molecule has 1 amide bonds. The number of cyclic esters (lactones) is 1. The van der Waals surface area contributed by atoms with Crippen molar-refractivity contribution in [1.82, 2.24) is 0 Å². The average Bonchev–Trinajstić information content (AvgIpc) is 2.63. The van der Waals surface area contributed by atoms with Gasteiger partial charge in [-0.15, -0.1) is 0 Å². The van der Waals surface area contributed by atoms with E-state index in [1.165, 1.54) is 4.90 Å². The number of halogens is 1. The van der Waals surface area contributed by atoms with E-state index in [1.54, 1.807) is 31.2 Å². The van der Waals surface area contributed by atoms with E-state index in [0.29, 0.717) is 17.3 Å². The fraction of sp³-hybridized carbons (Fsp3) is 0.385. The Hall–Kier alpha value is -1.75. The van der Waals surface area contributed by atoms with Gasteiger partial charge in [0.1, 0.15) is 5.60 Å². The van der Waals surface area contributed by atoms with Crippen LogP contribution in [0.15, 0.2) is 24.3 Å². The Kier molecular flexibility index (Phi) is 3.66. The van der Waals surface area contributed by atoms with E-state index in [-0.39, 0.29) is 12.8 Å². The molecule has 0 spiro atoms. The lowest BCUT2D eigenvalue weighted by Gasteiger charge is -2.20. The first-order chi connectivity index (χ1) is 8.89. The number of hydrogen-bond donors (Lipinski definition) is 1. The standard InChI is InChI=1S/C13H14ClNO4/c1-13(6-5-11(16)17)8-15(12(18)19-13)10-4-2-3-9(14)7-10/h2-4,7H,5-6,8H2,1H3,(H,16,17). The number of carbonyl (C=O) groups excluding carboxylic acids is 1. The molecule has 0 saturated carbocycles. The molecule has 5 nitrogen and oxygen atoms in total. The minimum atomic E-state index is -0.904. The highest BCUT2D eigenvalue weighted by Crippen LogP contribution is 2.31. The fourth-order valence-corrected chi connectivity index (χ4v) is 2.22. The van der Waals surface area contributed by atoms with Gasteiger partial charge in [-0.2, -0.15) is 0 Å². The number of benzene rings is 1. The van der Waals surface area contributed by atoms with Gasteiger partial charge in [-0.05, 0) is 31.5 Å². The lowest BCUT2D eigenvalue weighted by molar-refractivity contribution is -0.138. The number of nitrogens with zero attached hydrogens (tertiary/aromatic N) is 1. The normalized spacial score (nSPS) is 22.4. The van der Waals surface area contributed by atoms with Gasteiger partial charge in [-0.1, -0.05) is 17.7 Å². The summed E-state index contributed by atoms with van der Waals surface area (Å²) in [6.45, 7) is 2.05. The van der Waals surface area contributed by atoms with Crippen LogP contribution in [-0.4, -0.2) is 29.3 Å². The van der Waals surface area contributed by atoms with Gasteiger partial charge in [0.15, 0.2) is 0 Å². The zero-order valence-electron chi connectivity index (χ0n) is 10.4. The summed E-state index contributed by atoms with van der Waals surface area (Å²) in [5.41, 5.74) is -0.130. The summed E-state index contributed by atoms with van der Waals surface area (Å²) in [4.78, 5) is 23.9. The SMILES string of the molecule is CC1(CCC(=O)O)CN(c2cccc(Cl)c2)C(=O)O1. The van der Waals surface area contributed by atoms with E-state index in [0.717, 1.165) is 0 Å². The van der Waals surface area contributed by atoms with Gasteiger partial charge < -0.3 is 9.84 Å². The Morgan fingerprint density at radius 2 is 2.32 bits per heavy atom. The molecule has 102 valence electrons. The summed E-state index contributed by atoms with van der Waals surface area (Å²) in [5, 5.41) is 9.23. The summed E-state index contributed by atoms with van der Waals surface area (Å²) >= 11 is 5.89. The zero-order chi connectivity index (χ0) is 14.0. The summed E-state index contributed by atoms with van der Waals surface area (Å²) in [5.74, 6) is -0.904. The third-order valence-corrected chi connectivity index (χ3v) is 3.27. The van der Waals surface area contributed by atoms with E-state index in [4.69, 9.17) is 21.4 Å². The van der Waals surface area contributed by atoms with Gasteiger partial charge in [0.2, 0.25) is 0 Å². The molecule has 1 unspecified atom stereocenters. The van der Waals surface area contributed by atoms with Gasteiger partial charge in [-0.25, -0.2) is 4.79 Å². The predicted octanol–water partition coefficient (Wildman–Crippen LogP) is 2.92. The van der Waals surface area contributed by atoms with Crippen LogP contribution in [0.5, 0.6) is 0 Å². The molecule has 1 fully saturated rings. The van der Waals surface area contributed by atoms with Crippen LogP contribution >= 0.6 is 11.6 Å². The molecule has 1 saturated heterocycles. The van der Waals surface area contributed by atoms with Crippen molar-refractivity contribution >= 4 is 29.4 Å². The monoisotopic (exact) mass is 283 g/mol. The molecule has 0 bridgehead atoms. The summed E-state index contributed by atoms with van der Waals surface area (Å²) in [6.07, 6.45) is -0.228. The van der Waals surface area contributed by atoms with Crippen LogP contribution in [0.4, 0.5) is 10.5 Å². The van der Waals surface area contributed by atoms with Gasteiger partial charge in [0.25, 0.3) is 0 Å². The van der Waals surface area contributed by atoms with Crippen molar-refractivity contribution in [1.29, 1.82) is 0 Å². The Balaban J connectivity index is 2.13. The maximum atomic E-state index is 11.9. The number of amides is 1. The Bertz CT molecular complexity index is 519. The third kappa shape index (κ3) is 3.17. The van der Waals surface area contributed by atoms with Crippen molar-refractivity contribution < 1.29 is 19.4 Å². The van der Waals surface area contributed by atoms with Crippen LogP contribution in [-0.2, 0) is 9.53 Å². The van der Waals surface area contributed by atoms with E-state index < -0.39 is 17.7 Å². The second-order valence-electron chi connectivity index (χ2n) is 4.78. The lowest BCUT2D eigenvalue weighted by atomic mass is 10.00. The van der Waals surface area contributed by atoms with E-state index >= 15 is 0 Å². The number of carboxylic acid groups (broad SMARTS) is 1. The number of rotatable bonds is 4. The second kappa shape index (κ2) is 5.09. The Labute approximate surface area is 115 Å². The van der Waals surface area contributed by atoms with Crippen molar-refractivity contribution in [3.05, 3.63) is 29.3 Å². The van der Waals surface area contributed by atoms with Crippen LogP contribution in [0.3, 0.4) is 0 Å². The molecule has 19 heavy (non-hydrogen) atoms. The molecule has 1 aromatic carbocycles. The maximum absolute atomic E-state index is 11.9. The van der Waals surface area contributed by atoms with Gasteiger partial charge in [-0.3, -0.25) is 9.69 Å². The molecule has 2 rings (SSSR count). The van der Waals surface area contributed by atoms with Crippen molar-refractivity contribution in [2.75, 3.05) is 11.4 Å². The van der Waals surface area contributed by atoms with Crippen LogP contribution < -0.4 is 4.90 Å². The van der Waals surface area contributed by atoms with Crippen LogP contribution in [0.2, 0.25) is 5.02 Å². The molecule has 1 aliphatic heterocycles. The Morgan fingerprint density at radius 3 is 2.95 bits per heavy atom. The summed E-state index contributed by atoms with van der Waals surface area (Å²) in [7, 11) is 0. The molecule has 1 heterocycles. The molecule has 6 heteroatoms. The van der Waals surface area contributed by atoms with E-state index in [2.05, 4.69) is 0 Å².